The van der Waals surface area contributed by atoms with Crippen molar-refractivity contribution in [1.82, 2.24) is 28.5 Å². The van der Waals surface area contributed by atoms with E-state index in [4.69, 9.17) is 29.9 Å². The lowest BCUT2D eigenvalue weighted by Crippen LogP contribution is -2.34. The Morgan fingerprint density at radius 3 is 2.74 bits per heavy atom. The number of amides is 1. The molecule has 1 amide bonds. The molecule has 1 aromatic carbocycles. The van der Waals surface area contributed by atoms with Gasteiger partial charge in [0.15, 0.2) is 5.69 Å². The minimum atomic E-state index is -0.822. The van der Waals surface area contributed by atoms with Crippen molar-refractivity contribution in [2.75, 3.05) is 18.4 Å². The number of halogens is 2. The third-order valence-corrected chi connectivity index (χ3v) is 5.18. The Morgan fingerprint density at radius 1 is 1.32 bits per heavy atom. The van der Waals surface area contributed by atoms with Gasteiger partial charge in [-0.2, -0.15) is 0 Å². The van der Waals surface area contributed by atoms with Gasteiger partial charge in [0, 0.05) is 25.2 Å². The van der Waals surface area contributed by atoms with E-state index in [0.29, 0.717) is 0 Å². The molecule has 17 heteroatoms. The maximum atomic E-state index is 13.6. The molecule has 4 radical (unpaired) electrons. The number of aromatic nitrogens is 4. The van der Waals surface area contributed by atoms with Crippen molar-refractivity contribution in [1.29, 1.82) is 0 Å². The van der Waals surface area contributed by atoms with Crippen molar-refractivity contribution < 1.29 is 23.1 Å². The summed E-state index contributed by atoms with van der Waals surface area (Å²) < 4.78 is 31.4. The highest BCUT2D eigenvalue weighted by Crippen LogP contribution is 2.26. The van der Waals surface area contributed by atoms with Gasteiger partial charge in [0.2, 0.25) is 19.6 Å². The monoisotopic (exact) mass is 551 g/mol. The van der Waals surface area contributed by atoms with Crippen molar-refractivity contribution >= 4 is 55.9 Å². The van der Waals surface area contributed by atoms with Crippen LogP contribution >= 0.6 is 28.1 Å². The van der Waals surface area contributed by atoms with Crippen LogP contribution in [-0.4, -0.2) is 69.2 Å². The number of benzene rings is 1. The topological polar surface area (TPSA) is 132 Å². The molecule has 0 saturated heterocycles. The van der Waals surface area contributed by atoms with E-state index in [1.54, 1.807) is 20.8 Å². The highest BCUT2D eigenvalue weighted by atomic mass is 79.9. The Kier molecular flexibility index (Phi) is 8.09. The van der Waals surface area contributed by atoms with E-state index in [9.17, 15) is 14.0 Å². The Labute approximate surface area is 208 Å². The van der Waals surface area contributed by atoms with Crippen LogP contribution in [0.2, 0.25) is 0 Å². The zero-order valence-corrected chi connectivity index (χ0v) is 20.6. The number of anilines is 1. The van der Waals surface area contributed by atoms with E-state index in [0.717, 1.165) is 20.9 Å². The number of rotatable bonds is 8. The third-order valence-electron chi connectivity index (χ3n) is 3.86. The molecule has 0 saturated carbocycles. The molecule has 12 nitrogen and oxygen atoms in total. The van der Waals surface area contributed by atoms with E-state index in [2.05, 4.69) is 36.7 Å². The van der Waals surface area contributed by atoms with E-state index in [-0.39, 0.29) is 40.6 Å². The maximum absolute atomic E-state index is 13.6. The lowest BCUT2D eigenvalue weighted by atomic mass is 10.2. The first-order valence-corrected chi connectivity index (χ1v) is 11.1. The average Bonchev–Trinajstić information content (AvgIpc) is 3.35. The second-order valence-corrected chi connectivity index (χ2v) is 9.50. The molecule has 3 rings (SSSR count). The summed E-state index contributed by atoms with van der Waals surface area (Å²) >= 11 is 3.80. The average molecular weight is 552 g/mol. The standard InChI is InChI=1S/C17H17B2BrFN7O5S/c1-17(2,3)31-16(30)28(19)34-26(18)7-6-22-13-12(23-33-24-13)14-25-32-15(29)27(14)9-4-5-11(21)10(20)8-9/h4-5,8H,6-7H2,1-3H3,(H,22,24). The molecule has 1 N–H and O–H groups in total. The normalized spacial score (nSPS) is 11.6. The van der Waals surface area contributed by atoms with Gasteiger partial charge >= 0.3 is 11.8 Å². The lowest BCUT2D eigenvalue weighted by Gasteiger charge is -2.27. The highest BCUT2D eigenvalue weighted by Gasteiger charge is 2.24. The summed E-state index contributed by atoms with van der Waals surface area (Å²) in [6, 6.07) is 3.93. The zero-order valence-electron chi connectivity index (χ0n) is 18.2. The summed E-state index contributed by atoms with van der Waals surface area (Å²) in [7, 11) is 11.5. The van der Waals surface area contributed by atoms with Crippen molar-refractivity contribution in [3.63, 3.8) is 0 Å². The van der Waals surface area contributed by atoms with Gasteiger partial charge in [0.25, 0.3) is 7.98 Å². The second kappa shape index (κ2) is 10.7. The Morgan fingerprint density at radius 2 is 2.06 bits per heavy atom. The van der Waals surface area contributed by atoms with Crippen LogP contribution in [0.4, 0.5) is 15.0 Å². The van der Waals surface area contributed by atoms with Crippen LogP contribution in [-0.2, 0) is 4.74 Å². The lowest BCUT2D eigenvalue weighted by molar-refractivity contribution is 0.0485. The second-order valence-electron chi connectivity index (χ2n) is 7.62. The molecular formula is C17H17B2BrFN7O5S. The van der Waals surface area contributed by atoms with Crippen molar-refractivity contribution in [2.45, 2.75) is 26.4 Å². The Balaban J connectivity index is 1.66. The Hall–Kier alpha value is -2.78. The van der Waals surface area contributed by atoms with E-state index in [1.807, 2.05) is 0 Å². The minimum absolute atomic E-state index is 0.0238. The molecule has 176 valence electrons. The van der Waals surface area contributed by atoms with Crippen LogP contribution in [0.1, 0.15) is 20.8 Å². The fourth-order valence-corrected chi connectivity index (χ4v) is 3.35. The molecule has 0 spiro atoms. The SMILES string of the molecule is [B]N(CCNc1nonc1-c1noc(=O)n1-c1ccc(F)c(Br)c1)SN([B])C(=O)OC(C)(C)C. The van der Waals surface area contributed by atoms with Crippen molar-refractivity contribution in [2.24, 2.45) is 0 Å². The minimum Gasteiger partial charge on any atom is -0.444 e. The van der Waals surface area contributed by atoms with E-state index >= 15 is 0 Å². The van der Waals surface area contributed by atoms with Gasteiger partial charge in [-0.25, -0.2) is 23.2 Å². The first-order chi connectivity index (χ1) is 16.0. The highest BCUT2D eigenvalue weighted by molar-refractivity contribution is 9.10. The molecule has 0 aliphatic heterocycles. The number of nitrogens with one attached hydrogen (secondary N) is 1. The van der Waals surface area contributed by atoms with Crippen LogP contribution in [0.3, 0.4) is 0 Å². The largest absolute Gasteiger partial charge is 0.446 e. The molecule has 0 aliphatic rings. The molecule has 0 fully saturated rings. The van der Waals surface area contributed by atoms with E-state index in [1.165, 1.54) is 22.4 Å². The summed E-state index contributed by atoms with van der Waals surface area (Å²) in [5.41, 5.74) is -0.367. The predicted molar refractivity (Wildman–Crippen MR) is 125 cm³/mol. The van der Waals surface area contributed by atoms with E-state index < -0.39 is 23.3 Å². The van der Waals surface area contributed by atoms with Crippen LogP contribution in [0.15, 0.2) is 36.6 Å². The molecular weight excluding hydrogens is 535 g/mol. The van der Waals surface area contributed by atoms with Crippen molar-refractivity contribution in [3.8, 4) is 17.2 Å². The summed E-state index contributed by atoms with van der Waals surface area (Å²) in [6.45, 7) is 5.52. The molecule has 0 atom stereocenters. The Bertz CT molecular complexity index is 1220. The summed E-state index contributed by atoms with van der Waals surface area (Å²) in [4.78, 5) is 24.1. The van der Waals surface area contributed by atoms with Gasteiger partial charge in [0.05, 0.1) is 10.2 Å². The van der Waals surface area contributed by atoms with Gasteiger partial charge in [-0.1, -0.05) is 5.16 Å². The number of hydrogen-bond acceptors (Lipinski definition) is 11. The quantitative estimate of drug-likeness (QED) is 0.327. The summed E-state index contributed by atoms with van der Waals surface area (Å²) in [5.74, 6) is -1.22. The van der Waals surface area contributed by atoms with Gasteiger partial charge in [0.1, 0.15) is 11.4 Å². The zero-order chi connectivity index (χ0) is 25.0. The summed E-state index contributed by atoms with van der Waals surface area (Å²) in [5, 5.41) is 14.2. The number of nitrogens with zero attached hydrogens (tertiary/aromatic N) is 6. The van der Waals surface area contributed by atoms with Crippen LogP contribution in [0.25, 0.3) is 17.2 Å². The smallest absolute Gasteiger partial charge is 0.444 e. The number of carbonyl (C=O) groups excluding carboxylic acids is 1. The van der Waals surface area contributed by atoms with Gasteiger partial charge < -0.3 is 10.1 Å². The first kappa shape index (κ1) is 25.8. The molecule has 2 aromatic heterocycles. The molecule has 0 aliphatic carbocycles. The van der Waals surface area contributed by atoms with Crippen LogP contribution in [0, 0.1) is 5.82 Å². The molecule has 34 heavy (non-hydrogen) atoms. The fraction of sp³-hybridized carbons (Fsp3) is 0.353. The predicted octanol–water partition coefficient (Wildman–Crippen LogP) is 2.46. The number of hydrogen-bond donors (Lipinski definition) is 1. The molecule has 3 aromatic rings. The molecule has 0 bridgehead atoms. The molecule has 2 heterocycles. The fourth-order valence-electron chi connectivity index (χ4n) is 2.48. The van der Waals surface area contributed by atoms with Gasteiger partial charge in [-0.05, 0) is 65.2 Å². The number of carbonyl (C=O) groups is 1. The maximum Gasteiger partial charge on any atom is 0.446 e. The van der Waals surface area contributed by atoms with Crippen LogP contribution < -0.4 is 11.1 Å². The van der Waals surface area contributed by atoms with Crippen molar-refractivity contribution in [3.05, 3.63) is 39.0 Å². The van der Waals surface area contributed by atoms with Gasteiger partial charge in [-0.15, -0.1) is 0 Å². The van der Waals surface area contributed by atoms with Gasteiger partial charge in [-0.3, -0.25) is 13.0 Å². The molecule has 0 unspecified atom stereocenters. The van der Waals surface area contributed by atoms with Crippen LogP contribution in [0.5, 0.6) is 0 Å². The number of ether oxygens (including phenoxy) is 1. The summed E-state index contributed by atoms with van der Waals surface area (Å²) in [6.07, 6.45) is -0.764. The third kappa shape index (κ3) is 6.42. The first-order valence-electron chi connectivity index (χ1n) is 9.55.